The molecule has 0 spiro atoms. The zero-order chi connectivity index (χ0) is 13.3. The fourth-order valence-electron chi connectivity index (χ4n) is 1.52. The Morgan fingerprint density at radius 3 is 2.61 bits per heavy atom. The summed E-state index contributed by atoms with van der Waals surface area (Å²) < 4.78 is 37.9. The van der Waals surface area contributed by atoms with Crippen molar-refractivity contribution in [2.75, 3.05) is 0 Å². The van der Waals surface area contributed by atoms with Gasteiger partial charge in [0.15, 0.2) is 12.0 Å². The van der Waals surface area contributed by atoms with Gasteiger partial charge in [0.05, 0.1) is 5.02 Å². The van der Waals surface area contributed by atoms with Gasteiger partial charge in [0.25, 0.3) is 0 Å². The number of alkyl halides is 3. The summed E-state index contributed by atoms with van der Waals surface area (Å²) in [5.41, 5.74) is -0.664. The highest BCUT2D eigenvalue weighted by Gasteiger charge is 2.36. The summed E-state index contributed by atoms with van der Waals surface area (Å²) in [5, 5.41) is 5.44. The van der Waals surface area contributed by atoms with Crippen LogP contribution in [0.15, 0.2) is 24.4 Å². The quantitative estimate of drug-likeness (QED) is 0.851. The minimum Gasteiger partial charge on any atom is -0.298 e. The third kappa shape index (κ3) is 2.24. The number of hydrogen-bond donors (Lipinski definition) is 1. The average molecular weight is 275 g/mol. The number of carbonyl (C=O) groups excluding carboxylic acids is 1. The molecule has 7 heteroatoms. The molecule has 0 aliphatic heterocycles. The molecule has 2 rings (SSSR count). The van der Waals surface area contributed by atoms with Gasteiger partial charge in [-0.05, 0) is 17.7 Å². The second kappa shape index (κ2) is 4.45. The maximum absolute atomic E-state index is 12.6. The third-order valence-electron chi connectivity index (χ3n) is 2.35. The first-order valence-corrected chi connectivity index (χ1v) is 5.17. The van der Waals surface area contributed by atoms with Crippen LogP contribution in [-0.2, 0) is 6.18 Å². The lowest BCUT2D eigenvalue weighted by Gasteiger charge is -2.07. The summed E-state index contributed by atoms with van der Waals surface area (Å²) in [6.07, 6.45) is -2.88. The lowest BCUT2D eigenvalue weighted by atomic mass is 10.0. The van der Waals surface area contributed by atoms with Crippen LogP contribution in [0, 0.1) is 0 Å². The SMILES string of the molecule is O=Cc1ccc(-c2c[nH]nc2C(F)(F)F)cc1Cl. The van der Waals surface area contributed by atoms with E-state index in [1.165, 1.54) is 18.2 Å². The predicted molar refractivity (Wildman–Crippen MR) is 59.4 cm³/mol. The number of H-pyrrole nitrogens is 1. The molecule has 0 atom stereocenters. The van der Waals surface area contributed by atoms with E-state index in [2.05, 4.69) is 10.2 Å². The molecule has 0 saturated heterocycles. The van der Waals surface area contributed by atoms with E-state index in [4.69, 9.17) is 11.6 Å². The van der Waals surface area contributed by atoms with Crippen LogP contribution in [0.5, 0.6) is 0 Å². The van der Waals surface area contributed by atoms with Crippen LogP contribution in [-0.4, -0.2) is 16.5 Å². The first kappa shape index (κ1) is 12.6. The number of hydrogen-bond acceptors (Lipinski definition) is 2. The van der Waals surface area contributed by atoms with E-state index in [0.29, 0.717) is 6.29 Å². The predicted octanol–water partition coefficient (Wildman–Crippen LogP) is 3.56. The number of rotatable bonds is 2. The van der Waals surface area contributed by atoms with Crippen molar-refractivity contribution in [2.45, 2.75) is 6.18 Å². The maximum Gasteiger partial charge on any atom is 0.435 e. The average Bonchev–Trinajstić information content (AvgIpc) is 2.77. The van der Waals surface area contributed by atoms with Crippen molar-refractivity contribution in [2.24, 2.45) is 0 Å². The lowest BCUT2D eigenvalue weighted by Crippen LogP contribution is -2.07. The first-order valence-electron chi connectivity index (χ1n) is 4.79. The van der Waals surface area contributed by atoms with Crippen LogP contribution in [0.3, 0.4) is 0 Å². The van der Waals surface area contributed by atoms with Crippen molar-refractivity contribution >= 4 is 17.9 Å². The van der Waals surface area contributed by atoms with Crippen molar-refractivity contribution in [3.05, 3.63) is 40.7 Å². The van der Waals surface area contributed by atoms with Crippen molar-refractivity contribution in [3.63, 3.8) is 0 Å². The van der Waals surface area contributed by atoms with Gasteiger partial charge in [-0.3, -0.25) is 9.89 Å². The number of aldehydes is 1. The summed E-state index contributed by atoms with van der Waals surface area (Å²) in [7, 11) is 0. The topological polar surface area (TPSA) is 45.8 Å². The molecule has 0 saturated carbocycles. The Balaban J connectivity index is 2.53. The number of benzene rings is 1. The molecule has 0 radical (unpaired) electrons. The molecule has 2 aromatic rings. The van der Waals surface area contributed by atoms with Gasteiger partial charge in [0.2, 0.25) is 0 Å². The van der Waals surface area contributed by atoms with E-state index in [9.17, 15) is 18.0 Å². The van der Waals surface area contributed by atoms with E-state index in [0.717, 1.165) is 6.20 Å². The minimum absolute atomic E-state index is 0.0943. The summed E-state index contributed by atoms with van der Waals surface area (Å²) in [5.74, 6) is 0. The van der Waals surface area contributed by atoms with Gasteiger partial charge >= 0.3 is 6.18 Å². The Bertz CT molecular complexity index is 592. The van der Waals surface area contributed by atoms with Crippen LogP contribution >= 0.6 is 11.6 Å². The van der Waals surface area contributed by atoms with Crippen LogP contribution in [0.2, 0.25) is 5.02 Å². The van der Waals surface area contributed by atoms with E-state index < -0.39 is 11.9 Å². The second-order valence-corrected chi connectivity index (χ2v) is 3.91. The van der Waals surface area contributed by atoms with Crippen LogP contribution < -0.4 is 0 Å². The molecule has 0 unspecified atom stereocenters. The van der Waals surface area contributed by atoms with Crippen molar-refractivity contribution in [1.29, 1.82) is 0 Å². The molecule has 3 nitrogen and oxygen atoms in total. The number of aromatic nitrogens is 2. The maximum atomic E-state index is 12.6. The molecular weight excluding hydrogens is 269 g/mol. The van der Waals surface area contributed by atoms with Gasteiger partial charge in [-0.15, -0.1) is 0 Å². The summed E-state index contributed by atoms with van der Waals surface area (Å²) in [4.78, 5) is 10.6. The molecule has 1 aromatic carbocycles. The van der Waals surface area contributed by atoms with Gasteiger partial charge < -0.3 is 0 Å². The van der Waals surface area contributed by atoms with E-state index in [-0.39, 0.29) is 21.7 Å². The normalized spacial score (nSPS) is 11.6. The molecule has 0 amide bonds. The van der Waals surface area contributed by atoms with Gasteiger partial charge in [0, 0.05) is 17.3 Å². The first-order chi connectivity index (χ1) is 8.43. The fraction of sp³-hybridized carbons (Fsp3) is 0.0909. The number of nitrogens with zero attached hydrogens (tertiary/aromatic N) is 1. The highest BCUT2D eigenvalue weighted by atomic mass is 35.5. The Hall–Kier alpha value is -1.82. The zero-order valence-electron chi connectivity index (χ0n) is 8.75. The molecule has 0 aliphatic rings. The summed E-state index contributed by atoms with van der Waals surface area (Å²) in [6.45, 7) is 0. The molecule has 0 bridgehead atoms. The standard InChI is InChI=1S/C11H6ClF3N2O/c12-9-3-6(1-2-7(9)5-18)8-4-16-17-10(8)11(13,14)15/h1-5H,(H,16,17). The highest BCUT2D eigenvalue weighted by Crippen LogP contribution is 2.36. The lowest BCUT2D eigenvalue weighted by molar-refractivity contribution is -0.140. The number of nitrogens with one attached hydrogen (secondary N) is 1. The van der Waals surface area contributed by atoms with Crippen LogP contribution in [0.4, 0.5) is 13.2 Å². The minimum atomic E-state index is -4.55. The highest BCUT2D eigenvalue weighted by molar-refractivity contribution is 6.33. The smallest absolute Gasteiger partial charge is 0.298 e. The van der Waals surface area contributed by atoms with E-state index in [1.54, 1.807) is 0 Å². The molecule has 94 valence electrons. The Kier molecular flexibility index (Phi) is 3.13. The van der Waals surface area contributed by atoms with Gasteiger partial charge in [-0.25, -0.2) is 0 Å². The monoisotopic (exact) mass is 274 g/mol. The summed E-state index contributed by atoms with van der Waals surface area (Å²) in [6, 6.07) is 4.04. The van der Waals surface area contributed by atoms with Gasteiger partial charge in [-0.2, -0.15) is 18.3 Å². The number of halogens is 4. The molecule has 1 aromatic heterocycles. The largest absolute Gasteiger partial charge is 0.435 e. The van der Waals surface area contributed by atoms with Crippen molar-refractivity contribution in [3.8, 4) is 11.1 Å². The van der Waals surface area contributed by atoms with Gasteiger partial charge in [0.1, 0.15) is 0 Å². The molecule has 1 N–H and O–H groups in total. The fourth-order valence-corrected chi connectivity index (χ4v) is 1.74. The molecule has 0 fully saturated rings. The van der Waals surface area contributed by atoms with Crippen molar-refractivity contribution < 1.29 is 18.0 Å². The second-order valence-electron chi connectivity index (χ2n) is 3.50. The molecular formula is C11H6ClF3N2O. The number of aromatic amines is 1. The Morgan fingerprint density at radius 2 is 2.06 bits per heavy atom. The van der Waals surface area contributed by atoms with Crippen LogP contribution in [0.25, 0.3) is 11.1 Å². The Morgan fingerprint density at radius 1 is 1.33 bits per heavy atom. The van der Waals surface area contributed by atoms with Crippen LogP contribution in [0.1, 0.15) is 16.1 Å². The van der Waals surface area contributed by atoms with E-state index in [1.807, 2.05) is 0 Å². The zero-order valence-corrected chi connectivity index (χ0v) is 9.51. The molecule has 0 aliphatic carbocycles. The van der Waals surface area contributed by atoms with Crippen molar-refractivity contribution in [1.82, 2.24) is 10.2 Å². The van der Waals surface area contributed by atoms with E-state index >= 15 is 0 Å². The van der Waals surface area contributed by atoms with Gasteiger partial charge in [-0.1, -0.05) is 17.7 Å². The molecule has 18 heavy (non-hydrogen) atoms. The number of carbonyl (C=O) groups is 1. The third-order valence-corrected chi connectivity index (χ3v) is 2.67. The Labute approximate surface area is 105 Å². The molecule has 1 heterocycles. The summed E-state index contributed by atoms with van der Waals surface area (Å²) >= 11 is 5.77.